The minimum Gasteiger partial charge on any atom is -0.346 e. The third kappa shape index (κ3) is 4.61. The largest absolute Gasteiger partial charge is 0.346 e. The molecule has 0 unspecified atom stereocenters. The summed E-state index contributed by atoms with van der Waals surface area (Å²) in [5.41, 5.74) is 1.12. The average molecular weight is 473 g/mol. The zero-order chi connectivity index (χ0) is 22.7. The maximum Gasteiger partial charge on any atom is 0.291 e. The molecule has 0 bridgehead atoms. The van der Waals surface area contributed by atoms with Crippen molar-refractivity contribution in [3.63, 3.8) is 0 Å². The van der Waals surface area contributed by atoms with E-state index in [1.165, 1.54) is 4.68 Å². The summed E-state index contributed by atoms with van der Waals surface area (Å²) in [5.74, 6) is 0.262. The highest BCUT2D eigenvalue weighted by Crippen LogP contribution is 2.28. The fourth-order valence-corrected chi connectivity index (χ4v) is 4.25. The Balaban J connectivity index is 1.42. The maximum absolute atomic E-state index is 12.8. The van der Waals surface area contributed by atoms with Crippen LogP contribution in [0.2, 0.25) is 10.0 Å². The van der Waals surface area contributed by atoms with Gasteiger partial charge in [-0.05, 0) is 37.1 Å². The van der Waals surface area contributed by atoms with Crippen LogP contribution in [-0.4, -0.2) is 55.6 Å². The van der Waals surface area contributed by atoms with Gasteiger partial charge in [0.25, 0.3) is 11.8 Å². The quantitative estimate of drug-likeness (QED) is 0.612. The van der Waals surface area contributed by atoms with Crippen LogP contribution in [0.15, 0.2) is 42.7 Å². The van der Waals surface area contributed by atoms with Crippen LogP contribution in [0.5, 0.6) is 0 Å². The van der Waals surface area contributed by atoms with Gasteiger partial charge in [0.15, 0.2) is 0 Å². The topological polar surface area (TPSA) is 93.0 Å². The van der Waals surface area contributed by atoms with E-state index in [0.29, 0.717) is 59.5 Å². The van der Waals surface area contributed by atoms with Gasteiger partial charge < -0.3 is 10.2 Å². The van der Waals surface area contributed by atoms with Crippen LogP contribution in [0.4, 0.5) is 0 Å². The first-order valence-corrected chi connectivity index (χ1v) is 11.1. The molecule has 3 aromatic rings. The highest BCUT2D eigenvalue weighted by molar-refractivity contribution is 6.37. The van der Waals surface area contributed by atoms with E-state index >= 15 is 0 Å². The molecule has 1 saturated heterocycles. The van der Waals surface area contributed by atoms with E-state index in [1.54, 1.807) is 47.6 Å². The number of rotatable bonds is 5. The number of hydrogen-bond acceptors (Lipinski definition) is 5. The molecular formula is C22H22Cl2N6O2. The fourth-order valence-electron chi connectivity index (χ4n) is 3.69. The Bertz CT molecular complexity index is 1110. The molecule has 0 spiro atoms. The number of halogens is 2. The van der Waals surface area contributed by atoms with Crippen molar-refractivity contribution in [3.05, 3.63) is 70.0 Å². The number of aromatic nitrogens is 4. The second kappa shape index (κ2) is 9.67. The van der Waals surface area contributed by atoms with Crippen LogP contribution in [0.3, 0.4) is 0 Å². The molecule has 1 N–H and O–H groups in total. The Morgan fingerprint density at radius 1 is 1.09 bits per heavy atom. The van der Waals surface area contributed by atoms with Crippen LogP contribution in [0.25, 0.3) is 5.69 Å². The number of carbonyl (C=O) groups is 2. The number of para-hydroxylation sites is 1. The third-order valence-corrected chi connectivity index (χ3v) is 6.00. The molecule has 1 aromatic carbocycles. The van der Waals surface area contributed by atoms with E-state index in [9.17, 15) is 9.59 Å². The van der Waals surface area contributed by atoms with Gasteiger partial charge in [0.05, 0.1) is 10.0 Å². The van der Waals surface area contributed by atoms with Gasteiger partial charge in [-0.25, -0.2) is 9.67 Å². The minimum atomic E-state index is -0.361. The van der Waals surface area contributed by atoms with E-state index in [-0.39, 0.29) is 23.7 Å². The first-order chi connectivity index (χ1) is 15.5. The summed E-state index contributed by atoms with van der Waals surface area (Å²) in [7, 11) is 0. The molecular weight excluding hydrogens is 451 g/mol. The first-order valence-electron chi connectivity index (χ1n) is 10.4. The second-order valence-corrected chi connectivity index (χ2v) is 8.28. The molecule has 2 aromatic heterocycles. The summed E-state index contributed by atoms with van der Waals surface area (Å²) in [6, 6.07) is 8.51. The molecule has 166 valence electrons. The number of amides is 2. The molecule has 8 nitrogen and oxygen atoms in total. The van der Waals surface area contributed by atoms with E-state index in [0.717, 1.165) is 0 Å². The van der Waals surface area contributed by atoms with Gasteiger partial charge in [-0.3, -0.25) is 14.6 Å². The number of nitrogens with zero attached hydrogens (tertiary/aromatic N) is 5. The van der Waals surface area contributed by atoms with Gasteiger partial charge >= 0.3 is 0 Å². The molecule has 0 aliphatic carbocycles. The lowest BCUT2D eigenvalue weighted by atomic mass is 10.0. The molecule has 3 heterocycles. The number of nitrogens with one attached hydrogen (secondary N) is 1. The van der Waals surface area contributed by atoms with E-state index < -0.39 is 0 Å². The maximum atomic E-state index is 12.8. The lowest BCUT2D eigenvalue weighted by molar-refractivity contribution is 0.0697. The van der Waals surface area contributed by atoms with Crippen molar-refractivity contribution in [1.82, 2.24) is 30.0 Å². The van der Waals surface area contributed by atoms with E-state index in [4.69, 9.17) is 23.2 Å². The van der Waals surface area contributed by atoms with Crippen LogP contribution in [0, 0.1) is 0 Å². The zero-order valence-corrected chi connectivity index (χ0v) is 19.0. The number of likely N-dealkylation sites (tertiary alicyclic amines) is 1. The molecule has 0 radical (unpaired) electrons. The molecule has 32 heavy (non-hydrogen) atoms. The smallest absolute Gasteiger partial charge is 0.291 e. The molecule has 0 saturated carbocycles. The molecule has 10 heteroatoms. The summed E-state index contributed by atoms with van der Waals surface area (Å²) in [6.07, 6.45) is 5.07. The van der Waals surface area contributed by atoms with Gasteiger partial charge in [-0.15, -0.1) is 5.10 Å². The summed E-state index contributed by atoms with van der Waals surface area (Å²) in [4.78, 5) is 35.5. The first kappa shape index (κ1) is 22.2. The number of pyridine rings is 1. The SMILES string of the molecule is CCc1nc(C(=O)NC2CCN(C(=O)c3ccncc3)CC2)nn1-c1c(Cl)cccc1Cl. The van der Waals surface area contributed by atoms with E-state index in [1.807, 2.05) is 6.92 Å². The Hall–Kier alpha value is -2.97. The van der Waals surface area contributed by atoms with Crippen LogP contribution < -0.4 is 5.32 Å². The van der Waals surface area contributed by atoms with Gasteiger partial charge in [0, 0.05) is 43.5 Å². The molecule has 1 fully saturated rings. The van der Waals surface area contributed by atoms with Crippen molar-refractivity contribution in [3.8, 4) is 5.69 Å². The van der Waals surface area contributed by atoms with Crippen LogP contribution in [0.1, 0.15) is 46.6 Å². The van der Waals surface area contributed by atoms with Crippen molar-refractivity contribution in [2.24, 2.45) is 0 Å². The van der Waals surface area contributed by atoms with Crippen molar-refractivity contribution < 1.29 is 9.59 Å². The monoisotopic (exact) mass is 472 g/mol. The van der Waals surface area contributed by atoms with Crippen molar-refractivity contribution in [1.29, 1.82) is 0 Å². The summed E-state index contributed by atoms with van der Waals surface area (Å²) < 4.78 is 1.52. The number of benzene rings is 1. The zero-order valence-electron chi connectivity index (χ0n) is 17.5. The predicted molar refractivity (Wildman–Crippen MR) is 121 cm³/mol. The fraction of sp³-hybridized carbons (Fsp3) is 0.318. The molecule has 0 atom stereocenters. The summed E-state index contributed by atoms with van der Waals surface area (Å²) >= 11 is 12.6. The number of hydrogen-bond donors (Lipinski definition) is 1. The summed E-state index contributed by atoms with van der Waals surface area (Å²) in [6.45, 7) is 3.04. The molecule has 1 aliphatic rings. The minimum absolute atomic E-state index is 0.0261. The standard InChI is InChI=1S/C22H22Cl2N6O2/c1-2-18-27-20(28-30(18)19-16(23)4-3-5-17(19)24)21(31)26-15-8-12-29(13-9-15)22(32)14-6-10-25-11-7-14/h3-7,10-11,15H,2,8-9,12-13H2,1H3,(H,26,31). The lowest BCUT2D eigenvalue weighted by Gasteiger charge is -2.32. The lowest BCUT2D eigenvalue weighted by Crippen LogP contribution is -2.46. The van der Waals surface area contributed by atoms with Crippen molar-refractivity contribution in [2.45, 2.75) is 32.2 Å². The average Bonchev–Trinajstić information content (AvgIpc) is 3.24. The molecule has 4 rings (SSSR count). The van der Waals surface area contributed by atoms with Crippen LogP contribution in [-0.2, 0) is 6.42 Å². The van der Waals surface area contributed by atoms with Crippen LogP contribution >= 0.6 is 23.2 Å². The van der Waals surface area contributed by atoms with Crippen molar-refractivity contribution >= 4 is 35.0 Å². The number of piperidine rings is 1. The second-order valence-electron chi connectivity index (χ2n) is 7.46. The molecule has 2 amide bonds. The highest BCUT2D eigenvalue weighted by Gasteiger charge is 2.27. The molecule has 1 aliphatic heterocycles. The highest BCUT2D eigenvalue weighted by atomic mass is 35.5. The van der Waals surface area contributed by atoms with Crippen molar-refractivity contribution in [2.75, 3.05) is 13.1 Å². The van der Waals surface area contributed by atoms with Gasteiger partial charge in [0.2, 0.25) is 5.82 Å². The summed E-state index contributed by atoms with van der Waals surface area (Å²) in [5, 5.41) is 8.22. The Labute approximate surface area is 195 Å². The van der Waals surface area contributed by atoms with E-state index in [2.05, 4.69) is 20.4 Å². The number of carbonyl (C=O) groups excluding carboxylic acids is 2. The normalized spacial score (nSPS) is 14.4. The van der Waals surface area contributed by atoms with Gasteiger partial charge in [0.1, 0.15) is 11.5 Å². The van der Waals surface area contributed by atoms with Gasteiger partial charge in [-0.2, -0.15) is 0 Å². The Morgan fingerprint density at radius 3 is 2.38 bits per heavy atom. The predicted octanol–water partition coefficient (Wildman–Crippen LogP) is 3.57. The van der Waals surface area contributed by atoms with Gasteiger partial charge in [-0.1, -0.05) is 36.2 Å². The Kier molecular flexibility index (Phi) is 6.72. The Morgan fingerprint density at radius 2 is 1.75 bits per heavy atom. The number of aryl methyl sites for hydroxylation is 1. The third-order valence-electron chi connectivity index (χ3n) is 5.39.